The lowest BCUT2D eigenvalue weighted by Crippen LogP contribution is -2.16. The smallest absolute Gasteiger partial charge is 0.265 e. The molecule has 1 aliphatic rings. The Bertz CT molecular complexity index is 195. The number of rotatable bonds is 3. The number of hydrogen-bond acceptors (Lipinski definition) is 2. The summed E-state index contributed by atoms with van der Waals surface area (Å²) in [5.41, 5.74) is 3.05. The van der Waals surface area contributed by atoms with Gasteiger partial charge in [0.15, 0.2) is 0 Å². The molecule has 0 saturated heterocycles. The Balaban J connectivity index is 2.30. The van der Waals surface area contributed by atoms with E-state index in [2.05, 4.69) is 12.1 Å². The molecule has 1 saturated carbocycles. The number of amides is 1. The number of carbonyl (C=O) groups is 1. The quantitative estimate of drug-likeness (QED) is 0.412. The Hall–Kier alpha value is -0.830. The summed E-state index contributed by atoms with van der Waals surface area (Å²) >= 11 is 0. The first kappa shape index (κ1) is 10.3. The highest BCUT2D eigenvalue weighted by molar-refractivity contribution is 5.91. The van der Waals surface area contributed by atoms with Gasteiger partial charge in [0.25, 0.3) is 5.91 Å². The fourth-order valence-electron chi connectivity index (χ4n) is 1.90. The van der Waals surface area contributed by atoms with Gasteiger partial charge in [0, 0.05) is 5.57 Å². The third kappa shape index (κ3) is 3.19. The van der Waals surface area contributed by atoms with Crippen molar-refractivity contribution in [2.24, 2.45) is 5.92 Å². The van der Waals surface area contributed by atoms with Crippen LogP contribution >= 0.6 is 0 Å². The summed E-state index contributed by atoms with van der Waals surface area (Å²) in [6, 6.07) is 0. The zero-order valence-electron chi connectivity index (χ0n) is 7.83. The molecule has 1 N–H and O–H groups in total. The van der Waals surface area contributed by atoms with Gasteiger partial charge in [-0.1, -0.05) is 44.2 Å². The first-order valence-corrected chi connectivity index (χ1v) is 4.81. The van der Waals surface area contributed by atoms with Crippen molar-refractivity contribution >= 4 is 5.91 Å². The second-order valence-corrected chi connectivity index (χ2v) is 3.72. The van der Waals surface area contributed by atoms with Crippen LogP contribution in [0.1, 0.15) is 38.5 Å². The number of carbonyl (C=O) groups excluding carboxylic acids is 1. The molecule has 3 nitrogen and oxygen atoms in total. The molecule has 1 amide bonds. The average Bonchev–Trinajstić information content (AvgIpc) is 2.18. The molecule has 0 spiro atoms. The summed E-state index contributed by atoms with van der Waals surface area (Å²) in [5, 5.41) is 8.25. The molecule has 0 atom stereocenters. The van der Waals surface area contributed by atoms with Gasteiger partial charge in [-0.3, -0.25) is 10.0 Å². The molecule has 0 bridgehead atoms. The predicted molar refractivity (Wildman–Crippen MR) is 49.3 cm³/mol. The summed E-state index contributed by atoms with van der Waals surface area (Å²) < 4.78 is 0. The first-order valence-electron chi connectivity index (χ1n) is 4.81. The molecule has 3 heteroatoms. The first-order chi connectivity index (χ1) is 6.24. The molecule has 73 valence electrons. The topological polar surface area (TPSA) is 51.4 Å². The SMILES string of the molecule is C=C(CC1CCCCC1)C(=O)[N]O. The minimum absolute atomic E-state index is 0.439. The van der Waals surface area contributed by atoms with Crippen molar-refractivity contribution in [1.29, 1.82) is 0 Å². The van der Waals surface area contributed by atoms with Gasteiger partial charge < -0.3 is 0 Å². The number of hydrogen-bond donors (Lipinski definition) is 1. The Morgan fingerprint density at radius 3 is 2.54 bits per heavy atom. The maximum Gasteiger partial charge on any atom is 0.295 e. The van der Waals surface area contributed by atoms with Crippen molar-refractivity contribution < 1.29 is 10.0 Å². The van der Waals surface area contributed by atoms with E-state index in [4.69, 9.17) is 5.21 Å². The van der Waals surface area contributed by atoms with Gasteiger partial charge in [-0.2, -0.15) is 0 Å². The molecule has 0 aromatic heterocycles. The van der Waals surface area contributed by atoms with Crippen LogP contribution in [0.3, 0.4) is 0 Å². The molecule has 0 aliphatic heterocycles. The normalized spacial score (nSPS) is 18.2. The molecule has 0 aromatic carbocycles. The van der Waals surface area contributed by atoms with Crippen LogP contribution < -0.4 is 5.48 Å². The monoisotopic (exact) mass is 182 g/mol. The van der Waals surface area contributed by atoms with Crippen molar-refractivity contribution in [3.05, 3.63) is 12.2 Å². The standard InChI is InChI=1S/C10H16NO2/c1-8(10(12)11-13)7-9-5-3-2-4-6-9/h9,13H,1-7H2. The molecular weight excluding hydrogens is 166 g/mol. The molecule has 1 rings (SSSR count). The highest BCUT2D eigenvalue weighted by Crippen LogP contribution is 2.28. The predicted octanol–water partition coefficient (Wildman–Crippen LogP) is 2.03. The van der Waals surface area contributed by atoms with E-state index in [1.165, 1.54) is 32.1 Å². The Morgan fingerprint density at radius 2 is 2.00 bits per heavy atom. The highest BCUT2D eigenvalue weighted by Gasteiger charge is 2.17. The highest BCUT2D eigenvalue weighted by atomic mass is 16.5. The lowest BCUT2D eigenvalue weighted by atomic mass is 9.85. The van der Waals surface area contributed by atoms with Crippen molar-refractivity contribution in [2.45, 2.75) is 38.5 Å². The van der Waals surface area contributed by atoms with E-state index in [-0.39, 0.29) is 0 Å². The van der Waals surface area contributed by atoms with Crippen molar-refractivity contribution in [1.82, 2.24) is 5.48 Å². The minimum Gasteiger partial charge on any atom is -0.265 e. The van der Waals surface area contributed by atoms with Gasteiger partial charge in [-0.25, -0.2) is 0 Å². The number of nitrogens with zero attached hydrogens (tertiary/aromatic N) is 1. The zero-order chi connectivity index (χ0) is 9.68. The van der Waals surface area contributed by atoms with E-state index >= 15 is 0 Å². The van der Waals surface area contributed by atoms with Gasteiger partial charge in [0.2, 0.25) is 0 Å². The Kier molecular flexibility index (Phi) is 3.96. The summed E-state index contributed by atoms with van der Waals surface area (Å²) in [6.45, 7) is 3.62. The van der Waals surface area contributed by atoms with Crippen LogP contribution in [0.4, 0.5) is 0 Å². The molecule has 1 fully saturated rings. The third-order valence-corrected chi connectivity index (χ3v) is 2.65. The molecule has 1 aliphatic carbocycles. The van der Waals surface area contributed by atoms with Crippen molar-refractivity contribution in [3.8, 4) is 0 Å². The van der Waals surface area contributed by atoms with E-state index in [9.17, 15) is 4.79 Å². The Morgan fingerprint density at radius 1 is 1.38 bits per heavy atom. The molecule has 13 heavy (non-hydrogen) atoms. The molecule has 0 aromatic rings. The van der Waals surface area contributed by atoms with Crippen molar-refractivity contribution in [2.75, 3.05) is 0 Å². The molecule has 0 unspecified atom stereocenters. The lowest BCUT2D eigenvalue weighted by molar-refractivity contribution is -0.126. The van der Waals surface area contributed by atoms with Crippen LogP contribution in [0.25, 0.3) is 0 Å². The van der Waals surface area contributed by atoms with Gasteiger partial charge in [0.05, 0.1) is 0 Å². The van der Waals surface area contributed by atoms with E-state index in [0.717, 1.165) is 0 Å². The second kappa shape index (κ2) is 5.02. The van der Waals surface area contributed by atoms with Crippen LogP contribution in [0.5, 0.6) is 0 Å². The second-order valence-electron chi connectivity index (χ2n) is 3.72. The maximum atomic E-state index is 10.9. The average molecular weight is 182 g/mol. The molecule has 1 radical (unpaired) electrons. The van der Waals surface area contributed by atoms with E-state index in [1.54, 1.807) is 0 Å². The van der Waals surface area contributed by atoms with E-state index < -0.39 is 5.91 Å². The van der Waals surface area contributed by atoms with Gasteiger partial charge >= 0.3 is 0 Å². The third-order valence-electron chi connectivity index (χ3n) is 2.65. The zero-order valence-corrected chi connectivity index (χ0v) is 7.83. The van der Waals surface area contributed by atoms with Crippen LogP contribution in [0.2, 0.25) is 0 Å². The van der Waals surface area contributed by atoms with Gasteiger partial charge in [-0.15, -0.1) is 0 Å². The van der Waals surface area contributed by atoms with Crippen LogP contribution in [0, 0.1) is 5.92 Å². The maximum absolute atomic E-state index is 10.9. The molecule has 0 heterocycles. The fourth-order valence-corrected chi connectivity index (χ4v) is 1.90. The minimum atomic E-state index is -0.564. The lowest BCUT2D eigenvalue weighted by Gasteiger charge is -2.21. The molecular formula is C10H16NO2. The fraction of sp³-hybridized carbons (Fsp3) is 0.700. The summed E-state index contributed by atoms with van der Waals surface area (Å²) in [5.74, 6) is 0.0116. The summed E-state index contributed by atoms with van der Waals surface area (Å²) in [6.07, 6.45) is 6.87. The van der Waals surface area contributed by atoms with Crippen LogP contribution in [0.15, 0.2) is 12.2 Å². The van der Waals surface area contributed by atoms with Crippen molar-refractivity contribution in [3.63, 3.8) is 0 Å². The van der Waals surface area contributed by atoms with E-state index in [1.807, 2.05) is 0 Å². The summed E-state index contributed by atoms with van der Waals surface area (Å²) in [4.78, 5) is 10.9. The van der Waals surface area contributed by atoms with Gasteiger partial charge in [0.1, 0.15) is 0 Å². The van der Waals surface area contributed by atoms with Crippen LogP contribution in [-0.2, 0) is 4.79 Å². The number of hydroxylamine groups is 1. The van der Waals surface area contributed by atoms with Crippen LogP contribution in [-0.4, -0.2) is 11.1 Å². The Labute approximate surface area is 78.8 Å². The summed E-state index contributed by atoms with van der Waals surface area (Å²) in [7, 11) is 0. The largest absolute Gasteiger partial charge is 0.295 e. The van der Waals surface area contributed by atoms with E-state index in [0.29, 0.717) is 17.9 Å². The van der Waals surface area contributed by atoms with Gasteiger partial charge in [-0.05, 0) is 12.3 Å².